The molecule has 6 nitrogen and oxygen atoms in total. The lowest BCUT2D eigenvalue weighted by Crippen LogP contribution is -2.42. The second-order valence-electron chi connectivity index (χ2n) is 8.19. The average Bonchev–Trinajstić information content (AvgIpc) is 2.91. The number of benzene rings is 1. The largest absolute Gasteiger partial charge is 0.453 e. The third-order valence-electron chi connectivity index (χ3n) is 4.69. The molecule has 1 heterocycles. The summed E-state index contributed by atoms with van der Waals surface area (Å²) in [6, 6.07) is 7.73. The van der Waals surface area contributed by atoms with E-state index in [9.17, 15) is 18.0 Å². The van der Waals surface area contributed by atoms with Crippen LogP contribution in [0.4, 0.5) is 0 Å². The Hall–Kier alpha value is -1.89. The number of ether oxygens (including phenoxy) is 1. The number of hydrogen-bond acceptors (Lipinski definition) is 5. The van der Waals surface area contributed by atoms with Crippen LogP contribution in [0.1, 0.15) is 51.7 Å². The Bertz CT molecular complexity index is 778. The van der Waals surface area contributed by atoms with E-state index in [4.69, 9.17) is 4.74 Å². The van der Waals surface area contributed by atoms with Gasteiger partial charge in [-0.05, 0) is 36.3 Å². The van der Waals surface area contributed by atoms with E-state index in [0.717, 1.165) is 5.56 Å². The molecule has 150 valence electrons. The summed E-state index contributed by atoms with van der Waals surface area (Å²) in [5.74, 6) is -0.874. The highest BCUT2D eigenvalue weighted by atomic mass is 32.2. The first-order chi connectivity index (χ1) is 12.5. The SMILES string of the molecule is C[C@H](OC(=O)CCc1ccc(C(C)(C)C)cc1)C(=O)N[C@H]1CCS(=O)(=O)C1. The van der Waals surface area contributed by atoms with E-state index >= 15 is 0 Å². The molecule has 0 spiro atoms. The quantitative estimate of drug-likeness (QED) is 0.746. The predicted octanol–water partition coefficient (Wildman–Crippen LogP) is 2.15. The molecule has 2 rings (SSSR count). The van der Waals surface area contributed by atoms with Gasteiger partial charge in [-0.2, -0.15) is 0 Å². The van der Waals surface area contributed by atoms with Gasteiger partial charge in [0.15, 0.2) is 15.9 Å². The Morgan fingerprint density at radius 2 is 1.85 bits per heavy atom. The predicted molar refractivity (Wildman–Crippen MR) is 104 cm³/mol. The number of amides is 1. The Balaban J connectivity index is 1.77. The maximum atomic E-state index is 12.1. The summed E-state index contributed by atoms with van der Waals surface area (Å²) in [7, 11) is -3.06. The van der Waals surface area contributed by atoms with Crippen LogP contribution in [-0.4, -0.2) is 43.9 Å². The Morgan fingerprint density at radius 1 is 1.22 bits per heavy atom. The third kappa shape index (κ3) is 6.65. The fraction of sp³-hybridized carbons (Fsp3) is 0.600. The molecule has 0 radical (unpaired) electrons. The zero-order valence-corrected chi connectivity index (χ0v) is 17.3. The van der Waals surface area contributed by atoms with E-state index in [1.54, 1.807) is 0 Å². The molecule has 1 aromatic rings. The van der Waals surface area contributed by atoms with E-state index < -0.39 is 33.9 Å². The molecule has 0 unspecified atom stereocenters. The van der Waals surface area contributed by atoms with Crippen molar-refractivity contribution in [2.75, 3.05) is 11.5 Å². The Kier molecular flexibility index (Phi) is 6.68. The van der Waals surface area contributed by atoms with Crippen LogP contribution in [0.2, 0.25) is 0 Å². The van der Waals surface area contributed by atoms with E-state index in [1.807, 2.05) is 12.1 Å². The highest BCUT2D eigenvalue weighted by molar-refractivity contribution is 7.91. The van der Waals surface area contributed by atoms with Crippen molar-refractivity contribution in [1.82, 2.24) is 5.32 Å². The third-order valence-corrected chi connectivity index (χ3v) is 6.46. The van der Waals surface area contributed by atoms with Crippen LogP contribution in [0.3, 0.4) is 0 Å². The number of rotatable bonds is 6. The zero-order chi connectivity index (χ0) is 20.2. The first kappa shape index (κ1) is 21.4. The van der Waals surface area contributed by atoms with Crippen LogP contribution < -0.4 is 5.32 Å². The first-order valence-corrected chi connectivity index (χ1v) is 11.1. The van der Waals surface area contributed by atoms with Gasteiger partial charge in [0.2, 0.25) is 0 Å². The fourth-order valence-corrected chi connectivity index (χ4v) is 4.63. The molecule has 2 atom stereocenters. The molecule has 27 heavy (non-hydrogen) atoms. The van der Waals surface area contributed by atoms with Gasteiger partial charge in [-0.1, -0.05) is 45.0 Å². The van der Waals surface area contributed by atoms with E-state index in [-0.39, 0.29) is 23.3 Å². The second kappa shape index (κ2) is 8.42. The van der Waals surface area contributed by atoms with Crippen LogP contribution in [0.15, 0.2) is 24.3 Å². The van der Waals surface area contributed by atoms with E-state index in [2.05, 4.69) is 38.2 Å². The minimum Gasteiger partial charge on any atom is -0.453 e. The number of carbonyl (C=O) groups is 2. The number of nitrogens with one attached hydrogen (secondary N) is 1. The number of carbonyl (C=O) groups excluding carboxylic acids is 2. The Labute approximate surface area is 161 Å². The smallest absolute Gasteiger partial charge is 0.306 e. The summed E-state index contributed by atoms with van der Waals surface area (Å²) in [4.78, 5) is 24.1. The van der Waals surface area contributed by atoms with E-state index in [1.165, 1.54) is 12.5 Å². The summed E-state index contributed by atoms with van der Waals surface area (Å²) in [5, 5.41) is 2.64. The molecule has 1 aromatic carbocycles. The van der Waals surface area contributed by atoms with Gasteiger partial charge in [0, 0.05) is 12.5 Å². The van der Waals surface area contributed by atoms with Crippen molar-refractivity contribution in [3.05, 3.63) is 35.4 Å². The monoisotopic (exact) mass is 395 g/mol. The minimum absolute atomic E-state index is 0.0516. The van der Waals surface area contributed by atoms with Crippen molar-refractivity contribution in [3.8, 4) is 0 Å². The summed E-state index contributed by atoms with van der Waals surface area (Å²) in [6.45, 7) is 7.93. The van der Waals surface area contributed by atoms with Gasteiger partial charge in [-0.15, -0.1) is 0 Å². The summed E-state index contributed by atoms with van der Waals surface area (Å²) < 4.78 is 28.0. The van der Waals surface area contributed by atoms with Crippen molar-refractivity contribution in [2.45, 2.75) is 64.5 Å². The number of aryl methyl sites for hydroxylation is 1. The van der Waals surface area contributed by atoms with Gasteiger partial charge in [0.25, 0.3) is 5.91 Å². The molecule has 1 amide bonds. The van der Waals surface area contributed by atoms with Gasteiger partial charge >= 0.3 is 5.97 Å². The normalized spacial score (nSPS) is 20.1. The summed E-state index contributed by atoms with van der Waals surface area (Å²) >= 11 is 0. The lowest BCUT2D eigenvalue weighted by molar-refractivity contribution is -0.155. The minimum atomic E-state index is -3.06. The van der Waals surface area contributed by atoms with Crippen molar-refractivity contribution < 1.29 is 22.7 Å². The van der Waals surface area contributed by atoms with Crippen LogP contribution in [0.5, 0.6) is 0 Å². The van der Waals surface area contributed by atoms with Gasteiger partial charge < -0.3 is 10.1 Å². The fourth-order valence-electron chi connectivity index (χ4n) is 2.95. The van der Waals surface area contributed by atoms with Crippen molar-refractivity contribution in [1.29, 1.82) is 0 Å². The van der Waals surface area contributed by atoms with E-state index in [0.29, 0.717) is 12.8 Å². The number of esters is 1. The molecule has 1 aliphatic rings. The summed E-state index contributed by atoms with van der Waals surface area (Å²) in [5.41, 5.74) is 2.35. The van der Waals surface area contributed by atoms with Crippen molar-refractivity contribution in [2.24, 2.45) is 0 Å². The molecular formula is C20H29NO5S. The van der Waals surface area contributed by atoms with Gasteiger partial charge in [0.05, 0.1) is 11.5 Å². The van der Waals surface area contributed by atoms with Crippen molar-refractivity contribution in [3.63, 3.8) is 0 Å². The van der Waals surface area contributed by atoms with Crippen LogP contribution >= 0.6 is 0 Å². The van der Waals surface area contributed by atoms with Gasteiger partial charge in [0.1, 0.15) is 0 Å². The highest BCUT2D eigenvalue weighted by Gasteiger charge is 2.30. The topological polar surface area (TPSA) is 89.5 Å². The molecule has 7 heteroatoms. The Morgan fingerprint density at radius 3 is 2.37 bits per heavy atom. The number of sulfone groups is 1. The van der Waals surface area contributed by atoms with Gasteiger partial charge in [-0.3, -0.25) is 9.59 Å². The molecule has 1 aliphatic heterocycles. The molecule has 0 aliphatic carbocycles. The maximum Gasteiger partial charge on any atom is 0.306 e. The number of hydrogen-bond donors (Lipinski definition) is 1. The van der Waals surface area contributed by atoms with Gasteiger partial charge in [-0.25, -0.2) is 8.42 Å². The molecule has 1 fully saturated rings. The molecule has 1 N–H and O–H groups in total. The molecule has 0 bridgehead atoms. The van der Waals surface area contributed by atoms with Crippen LogP contribution in [0.25, 0.3) is 0 Å². The summed E-state index contributed by atoms with van der Waals surface area (Å²) in [6.07, 6.45) is 0.186. The zero-order valence-electron chi connectivity index (χ0n) is 16.4. The lowest BCUT2D eigenvalue weighted by atomic mass is 9.86. The molecule has 1 saturated heterocycles. The molecule has 0 aromatic heterocycles. The second-order valence-corrected chi connectivity index (χ2v) is 10.4. The average molecular weight is 396 g/mol. The highest BCUT2D eigenvalue weighted by Crippen LogP contribution is 2.22. The van der Waals surface area contributed by atoms with Crippen LogP contribution in [-0.2, 0) is 36.0 Å². The van der Waals surface area contributed by atoms with Crippen LogP contribution in [0, 0.1) is 0 Å². The molecule has 0 saturated carbocycles. The maximum absolute atomic E-state index is 12.1. The lowest BCUT2D eigenvalue weighted by Gasteiger charge is -2.19. The first-order valence-electron chi connectivity index (χ1n) is 9.26. The molecular weight excluding hydrogens is 366 g/mol. The standard InChI is InChI=1S/C20H29NO5S/c1-14(19(23)21-17-11-12-27(24,25)13-17)26-18(22)10-7-15-5-8-16(9-6-15)20(2,3)4/h5-6,8-9,14,17H,7,10-13H2,1-4H3,(H,21,23)/t14-,17-/m0/s1. The van der Waals surface area contributed by atoms with Crippen molar-refractivity contribution >= 4 is 21.7 Å².